The third-order valence-electron chi connectivity index (χ3n) is 3.11. The summed E-state index contributed by atoms with van der Waals surface area (Å²) in [6.07, 6.45) is 0.884. The molecule has 8 heteroatoms. The first-order valence-corrected chi connectivity index (χ1v) is 7.11. The maximum absolute atomic E-state index is 12.0. The molecule has 0 aromatic carbocycles. The van der Waals surface area contributed by atoms with Gasteiger partial charge in [-0.15, -0.1) is 11.3 Å². The second-order valence-corrected chi connectivity index (χ2v) is 5.54. The molecule has 2 rings (SSSR count). The number of carbonyl (C=O) groups is 3. The van der Waals surface area contributed by atoms with Gasteiger partial charge < -0.3 is 15.7 Å². The molecular formula is C12H15N3O4S. The topological polar surface area (TPSA) is 108 Å². The Morgan fingerprint density at radius 3 is 2.90 bits per heavy atom. The minimum atomic E-state index is -1.08. The Hall–Kier alpha value is -1.96. The van der Waals surface area contributed by atoms with Crippen LogP contribution in [0.5, 0.6) is 0 Å². The van der Waals surface area contributed by atoms with Crippen LogP contribution in [0.2, 0.25) is 0 Å². The van der Waals surface area contributed by atoms with E-state index in [1.54, 1.807) is 6.92 Å². The highest BCUT2D eigenvalue weighted by Crippen LogP contribution is 2.19. The number of hydrogen-bond acceptors (Lipinski definition) is 5. The molecule has 20 heavy (non-hydrogen) atoms. The zero-order valence-corrected chi connectivity index (χ0v) is 11.7. The quantitative estimate of drug-likeness (QED) is 0.752. The molecule has 0 radical (unpaired) electrons. The van der Waals surface area contributed by atoms with Crippen LogP contribution in [0.15, 0.2) is 5.38 Å². The van der Waals surface area contributed by atoms with Gasteiger partial charge in [-0.1, -0.05) is 0 Å². The molecule has 2 unspecified atom stereocenters. The van der Waals surface area contributed by atoms with Crippen molar-refractivity contribution in [3.8, 4) is 0 Å². The van der Waals surface area contributed by atoms with E-state index in [1.165, 1.54) is 16.7 Å². The van der Waals surface area contributed by atoms with Crippen molar-refractivity contribution in [2.45, 2.75) is 25.8 Å². The average molecular weight is 297 g/mol. The first-order chi connectivity index (χ1) is 9.47. The molecule has 1 aromatic rings. The largest absolute Gasteiger partial charge is 0.476 e. The summed E-state index contributed by atoms with van der Waals surface area (Å²) in [4.78, 5) is 37.8. The maximum Gasteiger partial charge on any atom is 0.355 e. The average Bonchev–Trinajstić information content (AvgIpc) is 2.89. The summed E-state index contributed by atoms with van der Waals surface area (Å²) in [6, 6.07) is -0.349. The van der Waals surface area contributed by atoms with Gasteiger partial charge in [0.05, 0.1) is 12.0 Å². The van der Waals surface area contributed by atoms with Crippen molar-refractivity contribution in [1.29, 1.82) is 0 Å². The molecule has 3 N–H and O–H groups in total. The molecule has 2 atom stereocenters. The normalized spacial score (nSPS) is 20.1. The van der Waals surface area contributed by atoms with Crippen LogP contribution >= 0.6 is 11.3 Å². The third-order valence-corrected chi connectivity index (χ3v) is 4.13. The molecule has 1 saturated heterocycles. The lowest BCUT2D eigenvalue weighted by atomic mass is 9.98. The molecule has 0 aliphatic carbocycles. The number of hydrogen-bond donors (Lipinski definition) is 3. The molecule has 0 bridgehead atoms. The van der Waals surface area contributed by atoms with Gasteiger partial charge in [-0.05, 0) is 13.3 Å². The summed E-state index contributed by atoms with van der Waals surface area (Å²) in [5.74, 6) is -1.51. The van der Waals surface area contributed by atoms with Crippen LogP contribution in [0.3, 0.4) is 0 Å². The van der Waals surface area contributed by atoms with Gasteiger partial charge >= 0.3 is 5.97 Å². The van der Waals surface area contributed by atoms with E-state index >= 15 is 0 Å². The number of thiazole rings is 1. The summed E-state index contributed by atoms with van der Waals surface area (Å²) >= 11 is 1.20. The number of rotatable bonds is 4. The van der Waals surface area contributed by atoms with E-state index in [1.807, 2.05) is 0 Å². The number of amides is 2. The lowest BCUT2D eigenvalue weighted by Crippen LogP contribution is -2.43. The van der Waals surface area contributed by atoms with Gasteiger partial charge in [0.1, 0.15) is 5.01 Å². The monoisotopic (exact) mass is 297 g/mol. The van der Waals surface area contributed by atoms with Gasteiger partial charge in [0.2, 0.25) is 11.8 Å². The van der Waals surface area contributed by atoms with Gasteiger partial charge in [0, 0.05) is 18.3 Å². The van der Waals surface area contributed by atoms with E-state index in [4.69, 9.17) is 5.11 Å². The molecule has 1 aliphatic heterocycles. The van der Waals surface area contributed by atoms with Crippen LogP contribution in [-0.4, -0.2) is 34.4 Å². The van der Waals surface area contributed by atoms with Crippen molar-refractivity contribution in [1.82, 2.24) is 15.6 Å². The number of aromatic nitrogens is 1. The standard InChI is InChI=1S/C12H15N3O4S/c1-6(11-15-8(5-20-11)12(18)19)14-10(17)7-2-3-9(16)13-4-7/h5-7H,2-4H2,1H3,(H,13,16)(H,14,17)(H,18,19). The highest BCUT2D eigenvalue weighted by molar-refractivity contribution is 7.09. The lowest BCUT2D eigenvalue weighted by Gasteiger charge is -2.23. The fourth-order valence-corrected chi connectivity index (χ4v) is 2.73. The second kappa shape index (κ2) is 6.00. The van der Waals surface area contributed by atoms with Crippen molar-refractivity contribution >= 4 is 29.1 Å². The maximum atomic E-state index is 12.0. The number of carbonyl (C=O) groups excluding carboxylic acids is 2. The van der Waals surface area contributed by atoms with E-state index in [0.717, 1.165) is 0 Å². The smallest absolute Gasteiger partial charge is 0.355 e. The molecule has 108 valence electrons. The zero-order valence-electron chi connectivity index (χ0n) is 10.9. The third kappa shape index (κ3) is 3.32. The van der Waals surface area contributed by atoms with Crippen LogP contribution in [0.1, 0.15) is 41.3 Å². The Balaban J connectivity index is 1.93. The molecular weight excluding hydrogens is 282 g/mol. The van der Waals surface area contributed by atoms with Gasteiger partial charge in [0.25, 0.3) is 0 Å². The number of carboxylic acids is 1. The highest BCUT2D eigenvalue weighted by atomic mass is 32.1. The molecule has 7 nitrogen and oxygen atoms in total. The minimum Gasteiger partial charge on any atom is -0.476 e. The predicted octanol–water partition coefficient (Wildman–Crippen LogP) is 0.545. The van der Waals surface area contributed by atoms with E-state index in [0.29, 0.717) is 24.4 Å². The molecule has 0 saturated carbocycles. The van der Waals surface area contributed by atoms with Gasteiger partial charge in [-0.3, -0.25) is 9.59 Å². The number of carboxylic acid groups (broad SMARTS) is 1. The van der Waals surface area contributed by atoms with E-state index in [9.17, 15) is 14.4 Å². The van der Waals surface area contributed by atoms with Crippen molar-refractivity contribution in [3.05, 3.63) is 16.1 Å². The van der Waals surface area contributed by atoms with E-state index in [2.05, 4.69) is 15.6 Å². The van der Waals surface area contributed by atoms with Crippen molar-refractivity contribution < 1.29 is 19.5 Å². The van der Waals surface area contributed by atoms with Crippen molar-refractivity contribution in [2.24, 2.45) is 5.92 Å². The number of piperidine rings is 1. The van der Waals surface area contributed by atoms with Crippen LogP contribution in [0.25, 0.3) is 0 Å². The highest BCUT2D eigenvalue weighted by Gasteiger charge is 2.26. The fraction of sp³-hybridized carbons (Fsp3) is 0.500. The Kier molecular flexibility index (Phi) is 4.33. The van der Waals surface area contributed by atoms with Crippen LogP contribution in [0.4, 0.5) is 0 Å². The fourth-order valence-electron chi connectivity index (χ4n) is 1.93. The van der Waals surface area contributed by atoms with Crippen LogP contribution in [-0.2, 0) is 9.59 Å². The Bertz CT molecular complexity index is 533. The Morgan fingerprint density at radius 1 is 1.60 bits per heavy atom. The number of aromatic carboxylic acids is 1. The molecule has 2 heterocycles. The molecule has 1 fully saturated rings. The van der Waals surface area contributed by atoms with Crippen molar-refractivity contribution in [2.75, 3.05) is 6.54 Å². The van der Waals surface area contributed by atoms with Gasteiger partial charge in [-0.25, -0.2) is 9.78 Å². The van der Waals surface area contributed by atoms with E-state index in [-0.39, 0.29) is 29.5 Å². The summed E-state index contributed by atoms with van der Waals surface area (Å²) < 4.78 is 0. The van der Waals surface area contributed by atoms with Gasteiger partial charge in [0.15, 0.2) is 5.69 Å². The molecule has 2 amide bonds. The van der Waals surface area contributed by atoms with E-state index < -0.39 is 5.97 Å². The summed E-state index contributed by atoms with van der Waals surface area (Å²) in [7, 11) is 0. The van der Waals surface area contributed by atoms with Crippen LogP contribution in [0, 0.1) is 5.92 Å². The predicted molar refractivity (Wildman–Crippen MR) is 71.4 cm³/mol. The Labute approximate surface area is 119 Å². The molecule has 1 aromatic heterocycles. The summed E-state index contributed by atoms with van der Waals surface area (Å²) in [5.41, 5.74) is -0.0176. The zero-order chi connectivity index (χ0) is 14.7. The summed E-state index contributed by atoms with van der Waals surface area (Å²) in [5, 5.41) is 16.3. The van der Waals surface area contributed by atoms with Gasteiger partial charge in [-0.2, -0.15) is 0 Å². The minimum absolute atomic E-state index is 0.0176. The molecule has 1 aliphatic rings. The number of nitrogens with one attached hydrogen (secondary N) is 2. The first-order valence-electron chi connectivity index (χ1n) is 6.23. The summed E-state index contributed by atoms with van der Waals surface area (Å²) in [6.45, 7) is 2.10. The SMILES string of the molecule is CC(NC(=O)C1CCC(=O)NC1)c1nc(C(=O)O)cs1. The number of nitrogens with zero attached hydrogens (tertiary/aromatic N) is 1. The van der Waals surface area contributed by atoms with Crippen molar-refractivity contribution in [3.63, 3.8) is 0 Å². The first kappa shape index (κ1) is 14.4. The lowest BCUT2D eigenvalue weighted by molar-refractivity contribution is -0.129. The van der Waals surface area contributed by atoms with Crippen LogP contribution < -0.4 is 10.6 Å². The Morgan fingerprint density at radius 2 is 2.35 bits per heavy atom. The molecule has 0 spiro atoms. The second-order valence-electron chi connectivity index (χ2n) is 4.65.